The number of thiazole rings is 1. The first-order valence-corrected chi connectivity index (χ1v) is 11.8. The predicted octanol–water partition coefficient (Wildman–Crippen LogP) is 6.08. The highest BCUT2D eigenvalue weighted by Gasteiger charge is 2.18. The Hall–Kier alpha value is -3.45. The second-order valence-electron chi connectivity index (χ2n) is 8.03. The molecule has 0 aliphatic carbocycles. The number of hydrogen-bond acceptors (Lipinski definition) is 6. The highest BCUT2D eigenvalue weighted by Crippen LogP contribution is 2.31. The summed E-state index contributed by atoms with van der Waals surface area (Å²) in [7, 11) is 0. The van der Waals surface area contributed by atoms with Crippen LogP contribution in [0.4, 0.5) is 10.8 Å². The molecule has 0 atom stereocenters. The second kappa shape index (κ2) is 9.58. The lowest BCUT2D eigenvalue weighted by Gasteiger charge is -2.19. The maximum atomic E-state index is 12.4. The summed E-state index contributed by atoms with van der Waals surface area (Å²) in [6.07, 6.45) is 1.76. The van der Waals surface area contributed by atoms with Gasteiger partial charge in [-0.15, -0.1) is 11.3 Å². The molecular weight excluding hydrogens is 436 g/mol. The lowest BCUT2D eigenvalue weighted by molar-refractivity contribution is -0.115. The molecule has 170 valence electrons. The van der Waals surface area contributed by atoms with E-state index < -0.39 is 0 Å². The van der Waals surface area contributed by atoms with Crippen LogP contribution in [0.5, 0.6) is 5.75 Å². The third-order valence-electron chi connectivity index (χ3n) is 5.50. The molecule has 0 bridgehead atoms. The largest absolute Gasteiger partial charge is 0.487 e. The summed E-state index contributed by atoms with van der Waals surface area (Å²) in [6.45, 7) is 7.91. The SMILES string of the molecule is CCCc1cc(=O)oc2cc(OCc3csc(N(C(C)=O)c4ccc(C)c(C)c4)n3)ccc12. The number of benzene rings is 2. The molecule has 33 heavy (non-hydrogen) atoms. The molecule has 0 saturated heterocycles. The Labute approximate surface area is 196 Å². The summed E-state index contributed by atoms with van der Waals surface area (Å²) in [5.74, 6) is 0.485. The molecule has 0 spiro atoms. The smallest absolute Gasteiger partial charge is 0.336 e. The van der Waals surface area contributed by atoms with Crippen LogP contribution >= 0.6 is 11.3 Å². The maximum absolute atomic E-state index is 12.4. The van der Waals surface area contributed by atoms with Crippen molar-refractivity contribution in [2.45, 2.75) is 47.1 Å². The minimum atomic E-state index is -0.358. The van der Waals surface area contributed by atoms with Gasteiger partial charge in [-0.05, 0) is 61.2 Å². The van der Waals surface area contributed by atoms with Crippen molar-refractivity contribution >= 4 is 39.0 Å². The van der Waals surface area contributed by atoms with Gasteiger partial charge in [0.1, 0.15) is 17.9 Å². The van der Waals surface area contributed by atoms with Gasteiger partial charge in [0.2, 0.25) is 5.91 Å². The molecule has 2 aromatic carbocycles. The van der Waals surface area contributed by atoms with Crippen molar-refractivity contribution in [3.05, 3.63) is 80.6 Å². The minimum absolute atomic E-state index is 0.104. The predicted molar refractivity (Wildman–Crippen MR) is 132 cm³/mol. The van der Waals surface area contributed by atoms with Crippen LogP contribution in [-0.2, 0) is 17.8 Å². The van der Waals surface area contributed by atoms with E-state index in [2.05, 4.69) is 11.9 Å². The van der Waals surface area contributed by atoms with Gasteiger partial charge in [-0.3, -0.25) is 9.69 Å². The average Bonchev–Trinajstić information content (AvgIpc) is 3.23. The molecule has 0 aliphatic heterocycles. The van der Waals surface area contributed by atoms with E-state index in [-0.39, 0.29) is 18.1 Å². The monoisotopic (exact) mass is 462 g/mol. The molecule has 0 aliphatic rings. The van der Waals surface area contributed by atoms with E-state index in [4.69, 9.17) is 9.15 Å². The van der Waals surface area contributed by atoms with E-state index in [0.29, 0.717) is 22.2 Å². The highest BCUT2D eigenvalue weighted by molar-refractivity contribution is 7.14. The van der Waals surface area contributed by atoms with E-state index in [1.807, 2.05) is 49.6 Å². The molecule has 2 aromatic heterocycles. The molecule has 4 rings (SSSR count). The van der Waals surface area contributed by atoms with Crippen LogP contribution in [0.15, 0.2) is 57.1 Å². The number of amides is 1. The zero-order chi connectivity index (χ0) is 23.5. The fraction of sp³-hybridized carbons (Fsp3) is 0.269. The summed E-state index contributed by atoms with van der Waals surface area (Å²) >= 11 is 1.39. The molecule has 0 saturated carbocycles. The van der Waals surface area contributed by atoms with E-state index in [1.165, 1.54) is 23.8 Å². The van der Waals surface area contributed by atoms with Crippen molar-refractivity contribution in [3.63, 3.8) is 0 Å². The lowest BCUT2D eigenvalue weighted by atomic mass is 10.1. The standard InChI is InChI=1S/C26H26N2O4S/c1-5-6-19-12-25(30)32-24-13-22(9-10-23(19)24)31-14-20-15-33-26(27-20)28(18(4)29)21-8-7-16(2)17(3)11-21/h7-13,15H,5-6,14H2,1-4H3. The number of rotatable bonds is 7. The molecule has 2 heterocycles. The topological polar surface area (TPSA) is 72.6 Å². The van der Waals surface area contributed by atoms with Crippen molar-refractivity contribution in [2.24, 2.45) is 0 Å². The molecule has 0 radical (unpaired) electrons. The van der Waals surface area contributed by atoms with Gasteiger partial charge in [0.25, 0.3) is 0 Å². The Morgan fingerprint density at radius 2 is 1.94 bits per heavy atom. The van der Waals surface area contributed by atoms with Gasteiger partial charge in [-0.25, -0.2) is 9.78 Å². The van der Waals surface area contributed by atoms with Gasteiger partial charge in [-0.1, -0.05) is 19.4 Å². The molecule has 0 unspecified atom stereocenters. The number of nitrogens with zero attached hydrogens (tertiary/aromatic N) is 2. The Morgan fingerprint density at radius 1 is 1.12 bits per heavy atom. The van der Waals surface area contributed by atoms with Crippen LogP contribution in [0.1, 0.15) is 42.7 Å². The van der Waals surface area contributed by atoms with E-state index >= 15 is 0 Å². The third kappa shape index (κ3) is 4.98. The number of carbonyl (C=O) groups is 1. The van der Waals surface area contributed by atoms with Crippen LogP contribution in [0.2, 0.25) is 0 Å². The summed E-state index contributed by atoms with van der Waals surface area (Å²) in [4.78, 5) is 30.5. The van der Waals surface area contributed by atoms with E-state index in [0.717, 1.165) is 35.0 Å². The number of fused-ring (bicyclic) bond motifs is 1. The van der Waals surface area contributed by atoms with Gasteiger partial charge in [0, 0.05) is 29.8 Å². The van der Waals surface area contributed by atoms with E-state index in [1.54, 1.807) is 17.0 Å². The zero-order valence-corrected chi connectivity index (χ0v) is 20.0. The Balaban J connectivity index is 1.53. The fourth-order valence-corrected chi connectivity index (χ4v) is 4.56. The molecule has 0 N–H and O–H groups in total. The first kappa shape index (κ1) is 22.7. The van der Waals surface area contributed by atoms with Crippen LogP contribution < -0.4 is 15.3 Å². The van der Waals surface area contributed by atoms with Crippen molar-refractivity contribution in [1.29, 1.82) is 0 Å². The molecule has 1 amide bonds. The fourth-order valence-electron chi connectivity index (χ4n) is 3.69. The van der Waals surface area contributed by atoms with Crippen LogP contribution in [0.3, 0.4) is 0 Å². The summed E-state index contributed by atoms with van der Waals surface area (Å²) in [6, 6.07) is 13.0. The van der Waals surface area contributed by atoms with Crippen molar-refractivity contribution in [2.75, 3.05) is 4.90 Å². The maximum Gasteiger partial charge on any atom is 0.336 e. The highest BCUT2D eigenvalue weighted by atomic mass is 32.1. The van der Waals surface area contributed by atoms with Gasteiger partial charge in [-0.2, -0.15) is 0 Å². The number of ether oxygens (including phenoxy) is 1. The normalized spacial score (nSPS) is 11.0. The number of aromatic nitrogens is 1. The quantitative estimate of drug-likeness (QED) is 0.311. The lowest BCUT2D eigenvalue weighted by Crippen LogP contribution is -2.22. The van der Waals surface area contributed by atoms with Crippen molar-refractivity contribution in [3.8, 4) is 5.75 Å². The Kier molecular flexibility index (Phi) is 6.60. The number of anilines is 2. The first-order valence-electron chi connectivity index (χ1n) is 10.9. The van der Waals surface area contributed by atoms with Gasteiger partial charge >= 0.3 is 5.63 Å². The van der Waals surface area contributed by atoms with Crippen molar-refractivity contribution in [1.82, 2.24) is 4.98 Å². The third-order valence-corrected chi connectivity index (χ3v) is 6.38. The summed E-state index contributed by atoms with van der Waals surface area (Å²) in [5, 5.41) is 3.40. The molecule has 6 nitrogen and oxygen atoms in total. The molecule has 7 heteroatoms. The number of carbonyl (C=O) groups excluding carboxylic acids is 1. The van der Waals surface area contributed by atoms with Crippen LogP contribution in [-0.4, -0.2) is 10.9 Å². The van der Waals surface area contributed by atoms with Crippen LogP contribution in [0.25, 0.3) is 11.0 Å². The van der Waals surface area contributed by atoms with Crippen LogP contribution in [0, 0.1) is 13.8 Å². The minimum Gasteiger partial charge on any atom is -0.487 e. The molecular formula is C26H26N2O4S. The summed E-state index contributed by atoms with van der Waals surface area (Å²) in [5.41, 5.74) is 4.93. The summed E-state index contributed by atoms with van der Waals surface area (Å²) < 4.78 is 11.3. The first-order chi connectivity index (χ1) is 15.9. The molecule has 0 fully saturated rings. The van der Waals surface area contributed by atoms with Crippen molar-refractivity contribution < 1.29 is 13.9 Å². The second-order valence-corrected chi connectivity index (χ2v) is 8.87. The van der Waals surface area contributed by atoms with Gasteiger partial charge in [0.05, 0.1) is 11.4 Å². The zero-order valence-electron chi connectivity index (χ0n) is 19.2. The number of aryl methyl sites for hydroxylation is 3. The average molecular weight is 463 g/mol. The van der Waals surface area contributed by atoms with Gasteiger partial charge < -0.3 is 9.15 Å². The van der Waals surface area contributed by atoms with Gasteiger partial charge in [0.15, 0.2) is 5.13 Å². The Bertz CT molecular complexity index is 1370. The Morgan fingerprint density at radius 3 is 2.67 bits per heavy atom. The number of hydrogen-bond donors (Lipinski definition) is 0. The molecule has 4 aromatic rings. The van der Waals surface area contributed by atoms with E-state index in [9.17, 15) is 9.59 Å².